The number of hydrogen-bond acceptors (Lipinski definition) is 2. The van der Waals surface area contributed by atoms with E-state index in [0.29, 0.717) is 11.1 Å². The first-order chi connectivity index (χ1) is 44.5. The van der Waals surface area contributed by atoms with Crippen LogP contribution < -0.4 is 0 Å². The fourth-order valence-electron chi connectivity index (χ4n) is 14.6. The van der Waals surface area contributed by atoms with Crippen LogP contribution in [0.25, 0.3) is 175 Å². The zero-order valence-electron chi connectivity index (χ0n) is 48.7. The van der Waals surface area contributed by atoms with Gasteiger partial charge in [0.1, 0.15) is 0 Å². The van der Waals surface area contributed by atoms with Crippen molar-refractivity contribution < 1.29 is 0 Å². The molecule has 4 nitrogen and oxygen atoms in total. The van der Waals surface area contributed by atoms with Gasteiger partial charge < -0.3 is 9.13 Å². The molecule has 0 radical (unpaired) electrons. The van der Waals surface area contributed by atoms with Gasteiger partial charge in [-0.25, -0.2) is 0 Å². The van der Waals surface area contributed by atoms with Crippen molar-refractivity contribution >= 4 is 119 Å². The Morgan fingerprint density at radius 1 is 0.200 bits per heavy atom. The second-order valence-electron chi connectivity index (χ2n) is 23.9. The zero-order valence-corrected chi connectivity index (χ0v) is 48.7. The Labute approximate surface area is 518 Å². The average molecular weight is 1140 g/mol. The normalized spacial score (nSPS) is 11.8. The van der Waals surface area contributed by atoms with E-state index in [1.54, 1.807) is 0 Å². The molecule has 19 aromatic rings. The van der Waals surface area contributed by atoms with E-state index in [2.05, 4.69) is 288 Å². The van der Waals surface area contributed by atoms with Gasteiger partial charge in [0, 0.05) is 32.9 Å². The van der Waals surface area contributed by atoms with Crippen LogP contribution in [0, 0.1) is 22.7 Å². The molecule has 0 aliphatic heterocycles. The first-order valence-corrected chi connectivity index (χ1v) is 30.5. The van der Waals surface area contributed by atoms with Gasteiger partial charge in [-0.3, -0.25) is 0 Å². The average Bonchev–Trinajstić information content (AvgIpc) is 1.08. The molecule has 0 unspecified atom stereocenters. The van der Waals surface area contributed by atoms with Crippen LogP contribution in [-0.4, -0.2) is 9.13 Å². The second kappa shape index (κ2) is 20.1. The fraction of sp³-hybridized carbons (Fsp3) is 0. The van der Waals surface area contributed by atoms with Gasteiger partial charge in [0.25, 0.3) is 0 Å². The third kappa shape index (κ3) is 8.14. The van der Waals surface area contributed by atoms with Crippen LogP contribution in [0.2, 0.25) is 0 Å². The van der Waals surface area contributed by atoms with Crippen molar-refractivity contribution in [2.45, 2.75) is 0 Å². The van der Waals surface area contributed by atoms with Crippen molar-refractivity contribution in [3.8, 4) is 68.0 Å². The molecule has 90 heavy (non-hydrogen) atoms. The molecule has 19 rings (SSSR count). The van der Waals surface area contributed by atoms with Gasteiger partial charge in [-0.1, -0.05) is 176 Å². The SMILES string of the molecule is N#Cc1ccc2c(c1)c1ccc(-c3cc4ccc5cc(-c6ccc7ccccc7c6)cc6ccc(c3)c4c56)cc1n2-c1ccccc1.N#Cc1ccc2c(c1)c1ccc(-c3cc4ccc5cc(-c6ccccc6)cc6ccc(c3)c4c56)cc1n2-c1ccccc1. The van der Waals surface area contributed by atoms with Crippen molar-refractivity contribution in [1.82, 2.24) is 9.13 Å². The number of nitriles is 2. The third-order valence-electron chi connectivity index (χ3n) is 18.7. The second-order valence-corrected chi connectivity index (χ2v) is 23.9. The minimum Gasteiger partial charge on any atom is -0.309 e. The lowest BCUT2D eigenvalue weighted by Crippen LogP contribution is -1.93. The minimum atomic E-state index is 0.671. The number of rotatable bonds is 6. The van der Waals surface area contributed by atoms with Crippen molar-refractivity contribution in [2.24, 2.45) is 0 Å². The maximum atomic E-state index is 9.63. The molecule has 0 amide bonds. The molecule has 0 bridgehead atoms. The number of aromatic nitrogens is 2. The van der Waals surface area contributed by atoms with E-state index in [1.165, 1.54) is 120 Å². The third-order valence-corrected chi connectivity index (χ3v) is 18.7. The van der Waals surface area contributed by atoms with Crippen molar-refractivity contribution in [3.63, 3.8) is 0 Å². The summed E-state index contributed by atoms with van der Waals surface area (Å²) in [5, 5.41) is 41.6. The van der Waals surface area contributed by atoms with Gasteiger partial charge in [-0.2, -0.15) is 10.5 Å². The Balaban J connectivity index is 0.000000134. The van der Waals surface area contributed by atoms with Crippen molar-refractivity contribution in [1.29, 1.82) is 10.5 Å². The highest BCUT2D eigenvalue weighted by Crippen LogP contribution is 2.44. The minimum absolute atomic E-state index is 0.671. The molecule has 0 saturated carbocycles. The summed E-state index contributed by atoms with van der Waals surface area (Å²) in [5.74, 6) is 0. The predicted molar refractivity (Wildman–Crippen MR) is 378 cm³/mol. The molecular weight excluding hydrogens is 1090 g/mol. The van der Waals surface area contributed by atoms with E-state index in [-0.39, 0.29) is 0 Å². The summed E-state index contributed by atoms with van der Waals surface area (Å²) in [6.45, 7) is 0. The zero-order chi connectivity index (χ0) is 59.6. The van der Waals surface area contributed by atoms with Gasteiger partial charge in [-0.05, 0) is 247 Å². The molecule has 0 N–H and O–H groups in total. The first-order valence-electron chi connectivity index (χ1n) is 30.5. The molecule has 4 heteroatoms. The van der Waals surface area contributed by atoms with Gasteiger partial charge in [0.15, 0.2) is 0 Å². The highest BCUT2D eigenvalue weighted by atomic mass is 15.0. The molecule has 0 aliphatic rings. The summed E-state index contributed by atoms with van der Waals surface area (Å²) in [6, 6.07) is 114. The number of nitrogens with zero attached hydrogens (tertiary/aromatic N) is 4. The lowest BCUT2D eigenvalue weighted by atomic mass is 9.89. The van der Waals surface area contributed by atoms with Crippen LogP contribution in [0.15, 0.2) is 303 Å². The largest absolute Gasteiger partial charge is 0.309 e. The Bertz CT molecular complexity index is 6080. The summed E-state index contributed by atoms with van der Waals surface area (Å²) < 4.78 is 4.62. The lowest BCUT2D eigenvalue weighted by molar-refractivity contribution is 1.18. The van der Waals surface area contributed by atoms with E-state index in [9.17, 15) is 10.5 Å². The number of benzene rings is 17. The molecule has 17 aromatic carbocycles. The van der Waals surface area contributed by atoms with Crippen LogP contribution in [-0.2, 0) is 0 Å². The van der Waals surface area contributed by atoms with Crippen molar-refractivity contribution in [2.75, 3.05) is 0 Å². The topological polar surface area (TPSA) is 57.4 Å². The van der Waals surface area contributed by atoms with Crippen LogP contribution in [0.5, 0.6) is 0 Å². The lowest BCUT2D eigenvalue weighted by Gasteiger charge is -2.15. The van der Waals surface area contributed by atoms with E-state index < -0.39 is 0 Å². The number of fused-ring (bicyclic) bond motifs is 7. The Morgan fingerprint density at radius 3 is 0.900 bits per heavy atom. The predicted octanol–water partition coefficient (Wildman–Crippen LogP) is 22.9. The number of hydrogen-bond donors (Lipinski definition) is 0. The quantitative estimate of drug-likeness (QED) is 0.156. The maximum Gasteiger partial charge on any atom is 0.0991 e. The fourth-order valence-corrected chi connectivity index (χ4v) is 14.6. The summed E-state index contributed by atoms with van der Waals surface area (Å²) >= 11 is 0. The molecule has 0 spiro atoms. The summed E-state index contributed by atoms with van der Waals surface area (Å²) in [7, 11) is 0. The molecule has 0 fully saturated rings. The van der Waals surface area contributed by atoms with E-state index in [0.717, 1.165) is 55.0 Å². The monoisotopic (exact) mass is 1140 g/mol. The molecule has 0 aliphatic carbocycles. The van der Waals surface area contributed by atoms with E-state index in [1.807, 2.05) is 36.4 Å². The molecule has 414 valence electrons. The Kier molecular flexibility index (Phi) is 11.4. The smallest absolute Gasteiger partial charge is 0.0991 e. The van der Waals surface area contributed by atoms with E-state index in [4.69, 9.17) is 0 Å². The summed E-state index contributed by atoms with van der Waals surface area (Å²) in [6.07, 6.45) is 0. The molecule has 2 heterocycles. The molecule has 0 atom stereocenters. The van der Waals surface area contributed by atoms with E-state index >= 15 is 0 Å². The highest BCUT2D eigenvalue weighted by Gasteiger charge is 2.20. The van der Waals surface area contributed by atoms with Gasteiger partial charge in [-0.15, -0.1) is 0 Å². The van der Waals surface area contributed by atoms with Gasteiger partial charge in [0.2, 0.25) is 0 Å². The Morgan fingerprint density at radius 2 is 0.511 bits per heavy atom. The summed E-state index contributed by atoms with van der Waals surface area (Å²) in [4.78, 5) is 0. The van der Waals surface area contributed by atoms with Gasteiger partial charge in [0.05, 0.1) is 45.3 Å². The van der Waals surface area contributed by atoms with Crippen LogP contribution in [0.4, 0.5) is 0 Å². The van der Waals surface area contributed by atoms with Crippen LogP contribution in [0.3, 0.4) is 0 Å². The summed E-state index contributed by atoms with van der Waals surface area (Å²) in [5.41, 5.74) is 17.7. The molecule has 2 aromatic heterocycles. The standard InChI is InChI=1S/C45H26N2.C41H24N2/c46-27-28-10-19-42-41(20-28)40-18-17-32(26-43(40)47(42)39-8-2-1-3-9-39)38-24-35-15-13-33-22-37(23-34-14-16-36(25-38)45(35)44(33)34)31-12-11-29-6-4-5-7-30(29)21-31;42-25-26-11-18-38-37(19-26)36-17-16-28(24-39(36)43(38)35-9-5-2-6-10-35)34-22-31-14-12-29-20-33(27-7-3-1-4-8-27)21-30-13-15-32(23-34)41(31)40(29)30/h1-26H;1-24H. The van der Waals surface area contributed by atoms with Crippen LogP contribution in [0.1, 0.15) is 11.1 Å². The number of para-hydroxylation sites is 2. The highest BCUT2D eigenvalue weighted by molar-refractivity contribution is 6.26. The maximum absolute atomic E-state index is 9.63. The van der Waals surface area contributed by atoms with Crippen LogP contribution >= 0.6 is 0 Å². The molecular formula is C86H50N4. The van der Waals surface area contributed by atoms with Gasteiger partial charge >= 0.3 is 0 Å². The Hall–Kier alpha value is -12.3. The van der Waals surface area contributed by atoms with Crippen molar-refractivity contribution in [3.05, 3.63) is 314 Å². The molecule has 0 saturated heterocycles. The first kappa shape index (κ1) is 50.9.